The number of para-hydroxylation sites is 3. The lowest BCUT2D eigenvalue weighted by Gasteiger charge is -2.36. The van der Waals surface area contributed by atoms with Gasteiger partial charge in [-0.15, -0.1) is 0 Å². The zero-order valence-corrected chi connectivity index (χ0v) is 20.2. The Morgan fingerprint density at radius 3 is 2.33 bits per heavy atom. The summed E-state index contributed by atoms with van der Waals surface area (Å²) in [5.74, 6) is -0.990. The number of amides is 2. The van der Waals surface area contributed by atoms with Gasteiger partial charge in [0.15, 0.2) is 6.61 Å². The molecule has 0 aliphatic carbocycles. The highest BCUT2D eigenvalue weighted by Gasteiger charge is 2.17. The van der Waals surface area contributed by atoms with E-state index in [1.165, 1.54) is 17.8 Å². The summed E-state index contributed by atoms with van der Waals surface area (Å²) >= 11 is 0. The molecular weight excluding hydrogens is 459 g/mol. The number of carbonyl (C=O) groups is 2. The molecule has 36 heavy (non-hydrogen) atoms. The van der Waals surface area contributed by atoms with Crippen molar-refractivity contribution in [3.63, 3.8) is 0 Å². The molecule has 0 radical (unpaired) electrons. The van der Waals surface area contributed by atoms with E-state index < -0.39 is 11.7 Å². The van der Waals surface area contributed by atoms with Crippen LogP contribution in [0.25, 0.3) is 0 Å². The van der Waals surface area contributed by atoms with Gasteiger partial charge in [0.25, 0.3) is 11.8 Å². The van der Waals surface area contributed by atoms with E-state index in [-0.39, 0.29) is 18.2 Å². The fourth-order valence-corrected chi connectivity index (χ4v) is 4.14. The van der Waals surface area contributed by atoms with E-state index in [1.54, 1.807) is 36.4 Å². The summed E-state index contributed by atoms with van der Waals surface area (Å²) in [6.07, 6.45) is 0.838. The molecule has 2 N–H and O–H groups in total. The zero-order chi connectivity index (χ0) is 25.2. The highest BCUT2D eigenvalue weighted by atomic mass is 19.1. The molecule has 1 saturated heterocycles. The van der Waals surface area contributed by atoms with Crippen molar-refractivity contribution < 1.29 is 18.7 Å². The quantitative estimate of drug-likeness (QED) is 0.423. The SMILES string of the molecule is O=C(COc1ccccc1C(=O)NCCCN1CCN(c2ccccc2)CC1)Nc1ccccc1F. The van der Waals surface area contributed by atoms with Gasteiger partial charge in [-0.1, -0.05) is 42.5 Å². The summed E-state index contributed by atoms with van der Waals surface area (Å²) in [5.41, 5.74) is 1.70. The normalized spacial score (nSPS) is 13.8. The Bertz CT molecular complexity index is 1150. The number of halogens is 1. The summed E-state index contributed by atoms with van der Waals surface area (Å²) in [6, 6.07) is 23.1. The predicted molar refractivity (Wildman–Crippen MR) is 139 cm³/mol. The molecule has 0 saturated carbocycles. The van der Waals surface area contributed by atoms with Crippen LogP contribution in [0, 0.1) is 5.82 Å². The van der Waals surface area contributed by atoms with Crippen molar-refractivity contribution in [2.24, 2.45) is 0 Å². The maximum atomic E-state index is 13.7. The smallest absolute Gasteiger partial charge is 0.262 e. The fraction of sp³-hybridized carbons (Fsp3) is 0.286. The number of nitrogens with one attached hydrogen (secondary N) is 2. The number of carbonyl (C=O) groups excluding carboxylic acids is 2. The van der Waals surface area contributed by atoms with Crippen LogP contribution < -0.4 is 20.3 Å². The van der Waals surface area contributed by atoms with Gasteiger partial charge in [0.2, 0.25) is 0 Å². The van der Waals surface area contributed by atoms with Gasteiger partial charge in [0.05, 0.1) is 11.3 Å². The van der Waals surface area contributed by atoms with Gasteiger partial charge < -0.3 is 20.3 Å². The third kappa shape index (κ3) is 7.05. The zero-order valence-electron chi connectivity index (χ0n) is 20.2. The molecule has 0 atom stereocenters. The van der Waals surface area contributed by atoms with Crippen LogP contribution in [0.5, 0.6) is 5.75 Å². The monoisotopic (exact) mass is 490 g/mol. The summed E-state index contributed by atoms with van der Waals surface area (Å²) in [6.45, 7) is 5.09. The molecule has 0 spiro atoms. The van der Waals surface area contributed by atoms with Crippen molar-refractivity contribution in [3.8, 4) is 5.75 Å². The molecule has 0 unspecified atom stereocenters. The fourth-order valence-electron chi connectivity index (χ4n) is 4.14. The first kappa shape index (κ1) is 25.2. The molecule has 3 aromatic carbocycles. The van der Waals surface area contributed by atoms with Crippen LogP contribution in [0.4, 0.5) is 15.8 Å². The number of ether oxygens (including phenoxy) is 1. The van der Waals surface area contributed by atoms with E-state index in [2.05, 4.69) is 44.7 Å². The maximum absolute atomic E-state index is 13.7. The van der Waals surface area contributed by atoms with Crippen molar-refractivity contribution in [3.05, 3.63) is 90.2 Å². The minimum atomic E-state index is -0.524. The Morgan fingerprint density at radius 1 is 0.861 bits per heavy atom. The number of benzene rings is 3. The molecule has 1 aliphatic heterocycles. The second-order valence-corrected chi connectivity index (χ2v) is 8.59. The van der Waals surface area contributed by atoms with Crippen molar-refractivity contribution >= 4 is 23.2 Å². The Hall–Kier alpha value is -3.91. The molecule has 1 aliphatic rings. The lowest BCUT2D eigenvalue weighted by atomic mass is 10.2. The van der Waals surface area contributed by atoms with E-state index in [4.69, 9.17) is 4.74 Å². The van der Waals surface area contributed by atoms with Gasteiger partial charge in [-0.05, 0) is 49.4 Å². The van der Waals surface area contributed by atoms with Gasteiger partial charge >= 0.3 is 0 Å². The largest absolute Gasteiger partial charge is 0.483 e. The summed E-state index contributed by atoms with van der Waals surface area (Å²) in [4.78, 5) is 29.7. The van der Waals surface area contributed by atoms with Crippen LogP contribution in [0.1, 0.15) is 16.8 Å². The number of nitrogens with zero attached hydrogens (tertiary/aromatic N) is 2. The summed E-state index contributed by atoms with van der Waals surface area (Å²) < 4.78 is 19.3. The number of piperazine rings is 1. The number of hydrogen-bond donors (Lipinski definition) is 2. The molecule has 1 heterocycles. The molecule has 1 fully saturated rings. The van der Waals surface area contributed by atoms with E-state index in [1.807, 2.05) is 6.07 Å². The van der Waals surface area contributed by atoms with Crippen molar-refractivity contribution in [2.45, 2.75) is 6.42 Å². The Balaban J connectivity index is 1.18. The van der Waals surface area contributed by atoms with Gasteiger partial charge in [0.1, 0.15) is 11.6 Å². The standard InChI is InChI=1S/C28H31FN4O3/c29-24-12-5-6-13-25(24)31-27(34)21-36-26-14-7-4-11-23(26)28(35)30-15-8-16-32-17-19-33(20-18-32)22-9-2-1-3-10-22/h1-7,9-14H,8,15-21H2,(H,30,35)(H,31,34). The van der Waals surface area contributed by atoms with Crippen LogP contribution in [0.2, 0.25) is 0 Å². The Morgan fingerprint density at radius 2 is 1.56 bits per heavy atom. The molecule has 3 aromatic rings. The van der Waals surface area contributed by atoms with E-state index in [0.717, 1.165) is 39.1 Å². The summed E-state index contributed by atoms with van der Waals surface area (Å²) in [5, 5.41) is 5.41. The third-order valence-electron chi connectivity index (χ3n) is 6.07. The van der Waals surface area contributed by atoms with Gasteiger partial charge in [-0.2, -0.15) is 0 Å². The highest BCUT2D eigenvalue weighted by Crippen LogP contribution is 2.19. The first-order valence-electron chi connectivity index (χ1n) is 12.2. The second-order valence-electron chi connectivity index (χ2n) is 8.59. The summed E-state index contributed by atoms with van der Waals surface area (Å²) in [7, 11) is 0. The molecule has 188 valence electrons. The molecule has 2 amide bonds. The maximum Gasteiger partial charge on any atom is 0.262 e. The Labute approximate surface area is 210 Å². The lowest BCUT2D eigenvalue weighted by molar-refractivity contribution is -0.118. The minimum absolute atomic E-state index is 0.0820. The van der Waals surface area contributed by atoms with E-state index >= 15 is 0 Å². The number of anilines is 2. The first-order valence-corrected chi connectivity index (χ1v) is 12.2. The molecule has 4 rings (SSSR count). The minimum Gasteiger partial charge on any atom is -0.483 e. The first-order chi connectivity index (χ1) is 17.6. The topological polar surface area (TPSA) is 73.9 Å². The van der Waals surface area contributed by atoms with Crippen LogP contribution in [0.3, 0.4) is 0 Å². The van der Waals surface area contributed by atoms with Gasteiger partial charge in [0, 0.05) is 38.4 Å². The van der Waals surface area contributed by atoms with Crippen molar-refractivity contribution in [2.75, 3.05) is 56.1 Å². The highest BCUT2D eigenvalue weighted by molar-refractivity contribution is 5.97. The predicted octanol–water partition coefficient (Wildman–Crippen LogP) is 3.79. The molecule has 0 aromatic heterocycles. The third-order valence-corrected chi connectivity index (χ3v) is 6.07. The van der Waals surface area contributed by atoms with E-state index in [9.17, 15) is 14.0 Å². The number of hydrogen-bond acceptors (Lipinski definition) is 5. The van der Waals surface area contributed by atoms with Crippen molar-refractivity contribution in [1.29, 1.82) is 0 Å². The average Bonchev–Trinajstić information content (AvgIpc) is 2.92. The Kier molecular flexibility index (Phi) is 8.88. The van der Waals surface area contributed by atoms with Crippen molar-refractivity contribution in [1.82, 2.24) is 10.2 Å². The lowest BCUT2D eigenvalue weighted by Crippen LogP contribution is -2.47. The van der Waals surface area contributed by atoms with Crippen LogP contribution in [0.15, 0.2) is 78.9 Å². The molecule has 8 heteroatoms. The van der Waals surface area contributed by atoms with E-state index in [0.29, 0.717) is 17.9 Å². The average molecular weight is 491 g/mol. The second kappa shape index (κ2) is 12.7. The van der Waals surface area contributed by atoms with Crippen LogP contribution >= 0.6 is 0 Å². The number of rotatable bonds is 10. The van der Waals surface area contributed by atoms with Crippen LogP contribution in [-0.2, 0) is 4.79 Å². The van der Waals surface area contributed by atoms with Gasteiger partial charge in [-0.25, -0.2) is 4.39 Å². The molecule has 0 bridgehead atoms. The molecule has 7 nitrogen and oxygen atoms in total. The van der Waals surface area contributed by atoms with Gasteiger partial charge in [-0.3, -0.25) is 14.5 Å². The molecular formula is C28H31FN4O3. The van der Waals surface area contributed by atoms with Crippen LogP contribution in [-0.4, -0.2) is 62.6 Å².